The zero-order valence-corrected chi connectivity index (χ0v) is 18.2. The highest BCUT2D eigenvalue weighted by molar-refractivity contribution is 6.32. The lowest BCUT2D eigenvalue weighted by Gasteiger charge is -2.27. The molecular formula is C22H26ClN3O4. The smallest absolute Gasteiger partial charge is 0.320 e. The Labute approximate surface area is 181 Å². The number of halogens is 1. The number of carbonyl (C=O) groups excluding carboxylic acids is 2. The molecule has 0 saturated heterocycles. The minimum Gasteiger partial charge on any atom is -0.495 e. The first-order valence-electron chi connectivity index (χ1n) is 9.74. The number of benzene rings is 2. The number of fused-ring (bicyclic) bond motifs is 1. The van der Waals surface area contributed by atoms with Crippen molar-refractivity contribution >= 4 is 34.9 Å². The lowest BCUT2D eigenvalue weighted by Crippen LogP contribution is -2.52. The predicted octanol–water partition coefficient (Wildman–Crippen LogP) is 4.09. The molecule has 1 aliphatic rings. The molecule has 0 aromatic heterocycles. The van der Waals surface area contributed by atoms with Gasteiger partial charge in [0.2, 0.25) is 5.91 Å². The highest BCUT2D eigenvalue weighted by Crippen LogP contribution is 2.36. The number of urea groups is 1. The van der Waals surface area contributed by atoms with Gasteiger partial charge in [-0.3, -0.25) is 4.79 Å². The summed E-state index contributed by atoms with van der Waals surface area (Å²) in [6.07, 6.45) is 0.806. The van der Waals surface area contributed by atoms with E-state index in [1.807, 2.05) is 38.1 Å². The minimum absolute atomic E-state index is 0.0997. The molecule has 7 nitrogen and oxygen atoms in total. The quantitative estimate of drug-likeness (QED) is 0.721. The van der Waals surface area contributed by atoms with Crippen LogP contribution in [0.2, 0.25) is 5.02 Å². The van der Waals surface area contributed by atoms with Gasteiger partial charge in [0.15, 0.2) is 0 Å². The van der Waals surface area contributed by atoms with E-state index >= 15 is 0 Å². The summed E-state index contributed by atoms with van der Waals surface area (Å²) < 4.78 is 10.5. The van der Waals surface area contributed by atoms with Gasteiger partial charge in [0.1, 0.15) is 17.5 Å². The largest absolute Gasteiger partial charge is 0.495 e. The fourth-order valence-electron chi connectivity index (χ4n) is 3.51. The Morgan fingerprint density at radius 2 is 1.80 bits per heavy atom. The molecule has 1 atom stereocenters. The maximum absolute atomic E-state index is 13.2. The van der Waals surface area contributed by atoms with E-state index in [0.717, 1.165) is 17.7 Å². The van der Waals surface area contributed by atoms with Gasteiger partial charge in [-0.1, -0.05) is 43.6 Å². The maximum atomic E-state index is 13.2. The van der Waals surface area contributed by atoms with Crippen molar-refractivity contribution in [2.75, 3.05) is 31.0 Å². The van der Waals surface area contributed by atoms with Crippen LogP contribution in [0.25, 0.3) is 0 Å². The Morgan fingerprint density at radius 3 is 2.47 bits per heavy atom. The van der Waals surface area contributed by atoms with Crippen molar-refractivity contribution in [2.24, 2.45) is 5.92 Å². The summed E-state index contributed by atoms with van der Waals surface area (Å²) in [6, 6.07) is 9.76. The second-order valence-electron chi connectivity index (χ2n) is 7.38. The van der Waals surface area contributed by atoms with E-state index in [0.29, 0.717) is 28.8 Å². The summed E-state index contributed by atoms with van der Waals surface area (Å²) in [7, 11) is 2.98. The Hall–Kier alpha value is -2.93. The van der Waals surface area contributed by atoms with E-state index in [-0.39, 0.29) is 11.8 Å². The number of para-hydroxylation sites is 1. The molecule has 0 aliphatic carbocycles. The molecule has 0 bridgehead atoms. The molecule has 2 aromatic rings. The molecule has 8 heteroatoms. The minimum atomic E-state index is -0.684. The van der Waals surface area contributed by atoms with Crippen LogP contribution in [0.3, 0.4) is 0 Å². The van der Waals surface area contributed by atoms with Gasteiger partial charge in [0.25, 0.3) is 0 Å². The van der Waals surface area contributed by atoms with Gasteiger partial charge in [-0.05, 0) is 30.0 Å². The van der Waals surface area contributed by atoms with Crippen LogP contribution in [0.1, 0.15) is 19.4 Å². The standard InChI is InChI=1S/C22H26ClN3O4/c1-13(2)20(21(27)26-10-9-14-7-5-6-8-17(14)26)25-22(28)24-16-11-15(23)18(29-3)12-19(16)30-4/h5-8,11-13,20H,9-10H2,1-4H3,(H2,24,25,28)/t20-/m1/s1. The average molecular weight is 432 g/mol. The highest BCUT2D eigenvalue weighted by Gasteiger charge is 2.33. The SMILES string of the molecule is COc1cc(OC)c(NC(=O)N[C@@H](C(=O)N2CCc3ccccc32)C(C)C)cc1Cl. The number of carbonyl (C=O) groups is 2. The van der Waals surface area contributed by atoms with Crippen LogP contribution in [0.15, 0.2) is 36.4 Å². The zero-order valence-electron chi connectivity index (χ0n) is 17.5. The van der Waals surface area contributed by atoms with Gasteiger partial charge in [0.05, 0.1) is 24.9 Å². The number of amides is 3. The number of anilines is 2. The van der Waals surface area contributed by atoms with Crippen LogP contribution < -0.4 is 25.0 Å². The lowest BCUT2D eigenvalue weighted by molar-refractivity contribution is -0.121. The number of rotatable bonds is 6. The zero-order chi connectivity index (χ0) is 21.8. The molecule has 3 amide bonds. The van der Waals surface area contributed by atoms with Crippen molar-refractivity contribution in [2.45, 2.75) is 26.3 Å². The van der Waals surface area contributed by atoms with E-state index in [9.17, 15) is 9.59 Å². The van der Waals surface area contributed by atoms with Crippen LogP contribution in [-0.4, -0.2) is 38.7 Å². The molecule has 2 aromatic carbocycles. The molecule has 0 saturated carbocycles. The van der Waals surface area contributed by atoms with Crippen molar-refractivity contribution in [1.29, 1.82) is 0 Å². The van der Waals surface area contributed by atoms with Crippen molar-refractivity contribution in [3.8, 4) is 11.5 Å². The van der Waals surface area contributed by atoms with Crippen molar-refractivity contribution < 1.29 is 19.1 Å². The molecule has 30 heavy (non-hydrogen) atoms. The monoisotopic (exact) mass is 431 g/mol. The summed E-state index contributed by atoms with van der Waals surface area (Å²) in [4.78, 5) is 27.7. The number of hydrogen-bond acceptors (Lipinski definition) is 4. The van der Waals surface area contributed by atoms with E-state index < -0.39 is 12.1 Å². The Morgan fingerprint density at radius 1 is 1.10 bits per heavy atom. The third-order valence-electron chi connectivity index (χ3n) is 5.09. The van der Waals surface area contributed by atoms with E-state index in [4.69, 9.17) is 21.1 Å². The molecule has 2 N–H and O–H groups in total. The van der Waals surface area contributed by atoms with Crippen LogP contribution in [0.5, 0.6) is 11.5 Å². The summed E-state index contributed by atoms with van der Waals surface area (Å²) in [5, 5.41) is 5.85. The van der Waals surface area contributed by atoms with E-state index in [1.165, 1.54) is 14.2 Å². The van der Waals surface area contributed by atoms with Gasteiger partial charge >= 0.3 is 6.03 Å². The summed E-state index contributed by atoms with van der Waals surface area (Å²) >= 11 is 6.17. The van der Waals surface area contributed by atoms with E-state index in [1.54, 1.807) is 17.0 Å². The summed E-state index contributed by atoms with van der Waals surface area (Å²) in [5.41, 5.74) is 2.41. The van der Waals surface area contributed by atoms with Crippen LogP contribution in [0, 0.1) is 5.92 Å². The third kappa shape index (κ3) is 4.46. The molecule has 0 spiro atoms. The van der Waals surface area contributed by atoms with Gasteiger partial charge in [0, 0.05) is 18.3 Å². The molecular weight excluding hydrogens is 406 g/mol. The van der Waals surface area contributed by atoms with Crippen LogP contribution in [0.4, 0.5) is 16.2 Å². The number of nitrogens with one attached hydrogen (secondary N) is 2. The number of nitrogens with zero attached hydrogens (tertiary/aromatic N) is 1. The topological polar surface area (TPSA) is 79.9 Å². The first-order chi connectivity index (χ1) is 14.3. The van der Waals surface area contributed by atoms with Crippen molar-refractivity contribution in [3.63, 3.8) is 0 Å². The Bertz CT molecular complexity index is 948. The van der Waals surface area contributed by atoms with E-state index in [2.05, 4.69) is 10.6 Å². The first kappa shape index (κ1) is 21.8. The van der Waals surface area contributed by atoms with Crippen molar-refractivity contribution in [1.82, 2.24) is 5.32 Å². The Kier molecular flexibility index (Phi) is 6.72. The van der Waals surface area contributed by atoms with Gasteiger partial charge in [-0.15, -0.1) is 0 Å². The molecule has 3 rings (SSSR count). The average Bonchev–Trinajstić information content (AvgIpc) is 3.15. The van der Waals surface area contributed by atoms with Crippen LogP contribution >= 0.6 is 11.6 Å². The lowest BCUT2D eigenvalue weighted by atomic mass is 10.0. The van der Waals surface area contributed by atoms with Gasteiger partial charge in [-0.25, -0.2) is 4.79 Å². The highest BCUT2D eigenvalue weighted by atomic mass is 35.5. The fourth-order valence-corrected chi connectivity index (χ4v) is 3.75. The summed E-state index contributed by atoms with van der Waals surface area (Å²) in [6.45, 7) is 4.40. The van der Waals surface area contributed by atoms with Crippen molar-refractivity contribution in [3.05, 3.63) is 47.0 Å². The number of hydrogen-bond donors (Lipinski definition) is 2. The molecule has 0 radical (unpaired) electrons. The molecule has 1 aliphatic heterocycles. The number of ether oxygens (including phenoxy) is 2. The molecule has 1 heterocycles. The van der Waals surface area contributed by atoms with Crippen LogP contribution in [-0.2, 0) is 11.2 Å². The molecule has 0 fully saturated rings. The second kappa shape index (κ2) is 9.26. The third-order valence-corrected chi connectivity index (χ3v) is 5.39. The molecule has 160 valence electrons. The van der Waals surface area contributed by atoms with Gasteiger partial charge in [-0.2, -0.15) is 0 Å². The summed E-state index contributed by atoms with van der Waals surface area (Å²) in [5.74, 6) is 0.594. The Balaban J connectivity index is 1.75. The number of methoxy groups -OCH3 is 2. The fraction of sp³-hybridized carbons (Fsp3) is 0.364. The predicted molar refractivity (Wildman–Crippen MR) is 118 cm³/mol. The van der Waals surface area contributed by atoms with Gasteiger partial charge < -0.3 is 25.0 Å². The maximum Gasteiger partial charge on any atom is 0.320 e. The second-order valence-corrected chi connectivity index (χ2v) is 7.78. The molecule has 0 unspecified atom stereocenters. The normalized spacial score (nSPS) is 13.6. The first-order valence-corrected chi connectivity index (χ1v) is 10.1.